The maximum atomic E-state index is 13.1. The predicted octanol–water partition coefficient (Wildman–Crippen LogP) is 4.83. The first-order valence-corrected chi connectivity index (χ1v) is 10.1. The van der Waals surface area contributed by atoms with Gasteiger partial charge in [0.15, 0.2) is 11.5 Å². The molecule has 4 N–H and O–H groups in total. The zero-order valence-electron chi connectivity index (χ0n) is 17.2. The van der Waals surface area contributed by atoms with E-state index < -0.39 is 17.5 Å². The average molecular weight is 459 g/mol. The second kappa shape index (κ2) is 8.32. The van der Waals surface area contributed by atoms with Gasteiger partial charge in [0.2, 0.25) is 5.91 Å². The van der Waals surface area contributed by atoms with Gasteiger partial charge in [0.05, 0.1) is 12.0 Å². The number of nitrogens with one attached hydrogen (secondary N) is 1. The molecule has 3 aromatic rings. The molecule has 0 unspecified atom stereocenters. The van der Waals surface area contributed by atoms with E-state index in [1.807, 2.05) is 0 Å². The van der Waals surface area contributed by atoms with Crippen molar-refractivity contribution in [3.05, 3.63) is 71.8 Å². The predicted molar refractivity (Wildman–Crippen MR) is 114 cm³/mol. The highest BCUT2D eigenvalue weighted by molar-refractivity contribution is 6.02. The molecule has 1 amide bonds. The van der Waals surface area contributed by atoms with Crippen LogP contribution < -0.4 is 10.1 Å². The summed E-state index contributed by atoms with van der Waals surface area (Å²) in [5.41, 5.74) is 0.859. The Kier molecular flexibility index (Phi) is 5.67. The van der Waals surface area contributed by atoms with Gasteiger partial charge in [0, 0.05) is 11.3 Å². The van der Waals surface area contributed by atoms with Crippen molar-refractivity contribution in [2.45, 2.75) is 31.2 Å². The third-order valence-corrected chi connectivity index (χ3v) is 5.60. The fourth-order valence-electron chi connectivity index (χ4n) is 3.73. The fourth-order valence-corrected chi connectivity index (χ4v) is 3.73. The number of phenols is 2. The Balaban J connectivity index is 1.67. The zero-order chi connectivity index (χ0) is 23.8. The maximum Gasteiger partial charge on any atom is 0.573 e. The van der Waals surface area contributed by atoms with Crippen molar-refractivity contribution in [1.29, 1.82) is 0 Å². The van der Waals surface area contributed by atoms with E-state index in [1.54, 1.807) is 24.3 Å². The molecule has 33 heavy (non-hydrogen) atoms. The molecule has 0 atom stereocenters. The molecule has 0 saturated heterocycles. The quantitative estimate of drug-likeness (QED) is 0.396. The minimum Gasteiger partial charge on any atom is -0.504 e. The molecule has 1 saturated carbocycles. The molecule has 1 fully saturated rings. The van der Waals surface area contributed by atoms with Crippen molar-refractivity contribution in [2.24, 2.45) is 0 Å². The molecule has 6 nitrogen and oxygen atoms in total. The van der Waals surface area contributed by atoms with Gasteiger partial charge in [-0.25, -0.2) is 0 Å². The van der Waals surface area contributed by atoms with Crippen LogP contribution in [0.5, 0.6) is 17.2 Å². The third kappa shape index (κ3) is 4.73. The first-order valence-electron chi connectivity index (χ1n) is 10.1. The number of carbonyl (C=O) groups is 1. The Morgan fingerprint density at radius 2 is 1.76 bits per heavy atom. The molecule has 0 aromatic heterocycles. The number of hydrogen-bond donors (Lipinski definition) is 4. The number of anilines is 1. The smallest absolute Gasteiger partial charge is 0.504 e. The number of rotatable bonds is 6. The fraction of sp³-hybridized carbons (Fsp3) is 0.208. The van der Waals surface area contributed by atoms with Crippen molar-refractivity contribution >= 4 is 11.6 Å². The molecule has 0 heterocycles. The SMILES string of the molecule is O=C(Nc1ccc(OC(F)(F)F)c(-c2cccc(CO)c2)c1)C1(c2ccc(O)c(O)c2)CC1. The highest BCUT2D eigenvalue weighted by atomic mass is 19.4. The summed E-state index contributed by atoms with van der Waals surface area (Å²) in [6.07, 6.45) is -3.87. The maximum absolute atomic E-state index is 13.1. The van der Waals surface area contributed by atoms with E-state index in [1.165, 1.54) is 30.3 Å². The number of hydrogen-bond acceptors (Lipinski definition) is 5. The van der Waals surface area contributed by atoms with Gasteiger partial charge in [-0.2, -0.15) is 0 Å². The number of benzene rings is 3. The molecular weight excluding hydrogens is 439 g/mol. The number of phenolic OH excluding ortho intramolecular Hbond substituents is 2. The minimum atomic E-state index is -4.91. The lowest BCUT2D eigenvalue weighted by Gasteiger charge is -2.18. The Hall–Kier alpha value is -3.72. The second-order valence-electron chi connectivity index (χ2n) is 7.86. The number of amides is 1. The van der Waals surface area contributed by atoms with Crippen LogP contribution in [-0.4, -0.2) is 27.6 Å². The van der Waals surface area contributed by atoms with Crippen molar-refractivity contribution in [3.63, 3.8) is 0 Å². The van der Waals surface area contributed by atoms with Crippen molar-refractivity contribution < 1.29 is 38.0 Å². The van der Waals surface area contributed by atoms with Gasteiger partial charge >= 0.3 is 6.36 Å². The van der Waals surface area contributed by atoms with Gasteiger partial charge < -0.3 is 25.4 Å². The van der Waals surface area contributed by atoms with Crippen molar-refractivity contribution in [3.8, 4) is 28.4 Å². The molecular formula is C24H20F3NO5. The normalized spacial score (nSPS) is 14.5. The molecule has 1 aliphatic carbocycles. The van der Waals surface area contributed by atoms with Crippen LogP contribution in [0, 0.1) is 0 Å². The molecule has 9 heteroatoms. The largest absolute Gasteiger partial charge is 0.573 e. The van der Waals surface area contributed by atoms with Gasteiger partial charge in [0.1, 0.15) is 5.75 Å². The van der Waals surface area contributed by atoms with Crippen LogP contribution in [0.2, 0.25) is 0 Å². The number of aliphatic hydroxyl groups is 1. The monoisotopic (exact) mass is 459 g/mol. The number of aromatic hydroxyl groups is 2. The van der Waals surface area contributed by atoms with E-state index in [4.69, 9.17) is 0 Å². The topological polar surface area (TPSA) is 99.0 Å². The summed E-state index contributed by atoms with van der Waals surface area (Å²) in [4.78, 5) is 13.1. The lowest BCUT2D eigenvalue weighted by Crippen LogP contribution is -2.27. The van der Waals surface area contributed by atoms with E-state index in [0.29, 0.717) is 29.5 Å². The Bertz CT molecular complexity index is 1200. The summed E-state index contributed by atoms with van der Waals surface area (Å²) in [7, 11) is 0. The van der Waals surface area contributed by atoms with Crippen molar-refractivity contribution in [1.82, 2.24) is 0 Å². The van der Waals surface area contributed by atoms with Gasteiger partial charge in [-0.1, -0.05) is 24.3 Å². The number of carbonyl (C=O) groups excluding carboxylic acids is 1. The standard InChI is InChI=1S/C24H20F3NO5/c25-24(26,27)33-21-7-5-17(12-18(21)15-3-1-2-14(10-15)13-29)28-22(32)23(8-9-23)16-4-6-19(30)20(31)11-16/h1-7,10-12,29-31H,8-9,13H2,(H,28,32). The highest BCUT2D eigenvalue weighted by Gasteiger charge is 2.51. The van der Waals surface area contributed by atoms with Gasteiger partial charge in [-0.15, -0.1) is 13.2 Å². The summed E-state index contributed by atoms with van der Waals surface area (Å²) in [6, 6.07) is 14.3. The Morgan fingerprint density at radius 1 is 1.00 bits per heavy atom. The van der Waals surface area contributed by atoms with E-state index in [2.05, 4.69) is 10.1 Å². The molecule has 0 aliphatic heterocycles. The zero-order valence-corrected chi connectivity index (χ0v) is 17.2. The summed E-state index contributed by atoms with van der Waals surface area (Å²) in [5.74, 6) is -1.47. The van der Waals surface area contributed by atoms with E-state index in [-0.39, 0.29) is 35.3 Å². The first-order chi connectivity index (χ1) is 15.6. The van der Waals surface area contributed by atoms with Gasteiger partial charge in [-0.05, 0) is 65.9 Å². The van der Waals surface area contributed by atoms with E-state index in [9.17, 15) is 33.3 Å². The van der Waals surface area contributed by atoms with E-state index >= 15 is 0 Å². The van der Waals surface area contributed by atoms with Gasteiger partial charge in [0.25, 0.3) is 0 Å². The third-order valence-electron chi connectivity index (χ3n) is 5.60. The molecule has 1 aliphatic rings. The van der Waals surface area contributed by atoms with Crippen molar-refractivity contribution in [2.75, 3.05) is 5.32 Å². The number of aliphatic hydroxyl groups excluding tert-OH is 1. The molecule has 0 radical (unpaired) electrons. The molecule has 4 rings (SSSR count). The first kappa shape index (κ1) is 22.5. The molecule has 0 spiro atoms. The Labute approximate surface area is 186 Å². The van der Waals surface area contributed by atoms with Crippen LogP contribution in [0.15, 0.2) is 60.7 Å². The lowest BCUT2D eigenvalue weighted by molar-refractivity contribution is -0.274. The van der Waals surface area contributed by atoms with Crippen LogP contribution in [0.4, 0.5) is 18.9 Å². The van der Waals surface area contributed by atoms with Crippen LogP contribution in [0.3, 0.4) is 0 Å². The Morgan fingerprint density at radius 3 is 2.39 bits per heavy atom. The van der Waals surface area contributed by atoms with Crippen LogP contribution in [0.25, 0.3) is 11.1 Å². The van der Waals surface area contributed by atoms with Crippen LogP contribution in [-0.2, 0) is 16.8 Å². The van der Waals surface area contributed by atoms with Crippen LogP contribution >= 0.6 is 0 Å². The molecule has 3 aromatic carbocycles. The van der Waals surface area contributed by atoms with E-state index in [0.717, 1.165) is 6.07 Å². The summed E-state index contributed by atoms with van der Waals surface area (Å²) in [5, 5.41) is 31.4. The lowest BCUT2D eigenvalue weighted by atomic mass is 9.94. The van der Waals surface area contributed by atoms with Crippen LogP contribution in [0.1, 0.15) is 24.0 Å². The minimum absolute atomic E-state index is 0.0903. The second-order valence-corrected chi connectivity index (χ2v) is 7.86. The number of ether oxygens (including phenoxy) is 1. The average Bonchev–Trinajstić information content (AvgIpc) is 3.58. The summed E-state index contributed by atoms with van der Waals surface area (Å²) < 4.78 is 43.0. The summed E-state index contributed by atoms with van der Waals surface area (Å²) >= 11 is 0. The molecule has 172 valence electrons. The number of alkyl halides is 3. The van der Waals surface area contributed by atoms with Gasteiger partial charge in [-0.3, -0.25) is 4.79 Å². The summed E-state index contributed by atoms with van der Waals surface area (Å²) in [6.45, 7) is -0.290. The molecule has 0 bridgehead atoms. The highest BCUT2D eigenvalue weighted by Crippen LogP contribution is 2.50. The number of halogens is 3.